The smallest absolute Gasteiger partial charge is 0.220 e. The predicted molar refractivity (Wildman–Crippen MR) is 360 cm³/mol. The van der Waals surface area contributed by atoms with Crippen LogP contribution in [0, 0.1) is 0 Å². The summed E-state index contributed by atoms with van der Waals surface area (Å²) in [6.07, 6.45) is 35.9. The Bertz CT molecular complexity index is 1720. The van der Waals surface area contributed by atoms with Gasteiger partial charge in [-0.05, 0) is 38.5 Å². The van der Waals surface area contributed by atoms with Gasteiger partial charge in [-0.2, -0.15) is 0 Å². The van der Waals surface area contributed by atoms with Crippen LogP contribution >= 0.6 is 0 Å². The summed E-state index contributed by atoms with van der Waals surface area (Å²) < 4.78 is 34.5. The molecule has 3 aliphatic rings. The van der Waals surface area contributed by atoms with E-state index in [1.54, 1.807) is 0 Å². The second kappa shape index (κ2) is 55.4. The summed E-state index contributed by atoms with van der Waals surface area (Å²) in [4.78, 5) is 13.4. The van der Waals surface area contributed by atoms with E-state index in [1.807, 2.05) is 0 Å². The Kier molecular flexibility index (Phi) is 51.0. The molecule has 12 N–H and O–H groups in total. The van der Waals surface area contributed by atoms with Crippen LogP contribution in [0.25, 0.3) is 0 Å². The van der Waals surface area contributed by atoms with E-state index in [1.165, 1.54) is 225 Å². The maximum Gasteiger partial charge on any atom is 0.220 e. The first kappa shape index (κ1) is 84.8. The third-order valence-electron chi connectivity index (χ3n) is 19.3. The highest BCUT2D eigenvalue weighted by atomic mass is 16.8. The zero-order valence-corrected chi connectivity index (χ0v) is 57.8. The first-order valence-electron chi connectivity index (χ1n) is 37.9. The van der Waals surface area contributed by atoms with Gasteiger partial charge >= 0.3 is 0 Å². The lowest BCUT2D eigenvalue weighted by Crippen LogP contribution is -2.66. The van der Waals surface area contributed by atoms with E-state index in [9.17, 15) is 61.0 Å². The number of rotatable bonds is 60. The van der Waals surface area contributed by atoms with E-state index < -0.39 is 124 Å². The standard InChI is InChI=1S/C73H139NO18/c1-3-5-7-9-11-13-15-17-19-21-22-23-24-25-26-27-28-29-30-31-32-33-35-36-38-40-42-44-46-48-50-57(78)56(74-61(79)51-49-47-45-43-41-39-37-34-20-18-16-14-12-10-8-6-4-2)55-87-71-67(85)64(82)69(59(53-76)89-71)92-73-68(86)65(83)70(60(54-77)90-73)91-72-66(84)63(81)62(80)58(52-75)88-72/h18,20,56-60,62-73,75-78,80-86H,3-17,19,21-55H2,1-2H3,(H,74,79)/b20-18-. The largest absolute Gasteiger partial charge is 0.394 e. The number of unbranched alkanes of at least 4 members (excludes halogenated alkanes) is 42. The average molecular weight is 1320 g/mol. The maximum atomic E-state index is 13.4. The van der Waals surface area contributed by atoms with Crippen LogP contribution in [0.3, 0.4) is 0 Å². The monoisotopic (exact) mass is 1320 g/mol. The second-order valence-corrected chi connectivity index (χ2v) is 27.5. The Balaban J connectivity index is 1.37. The van der Waals surface area contributed by atoms with Crippen LogP contribution in [0.2, 0.25) is 0 Å². The van der Waals surface area contributed by atoms with Crippen LogP contribution in [-0.4, -0.2) is 193 Å². The Morgan fingerprint density at radius 3 is 1.05 bits per heavy atom. The SMILES string of the molecule is CCCCCCCC/C=C\CCCCCCCCCC(=O)NC(COC1OC(CO)C(OC2OC(CO)C(OC3OC(CO)C(O)C(O)C3O)C(O)C2O)C(O)C1O)C(O)CCCCCCCCCCCCCCCCCCCCCCCCCCCCCCCC. The number of hydrogen-bond acceptors (Lipinski definition) is 18. The van der Waals surface area contributed by atoms with Crippen molar-refractivity contribution in [3.8, 4) is 0 Å². The van der Waals surface area contributed by atoms with Gasteiger partial charge in [0.05, 0.1) is 38.6 Å². The second-order valence-electron chi connectivity index (χ2n) is 27.5. The quantitative estimate of drug-likeness (QED) is 0.0199. The summed E-state index contributed by atoms with van der Waals surface area (Å²) in [6.45, 7) is 1.84. The number of hydrogen-bond donors (Lipinski definition) is 12. The van der Waals surface area contributed by atoms with Gasteiger partial charge < -0.3 is 89.9 Å². The molecule has 3 rings (SSSR count). The van der Waals surface area contributed by atoms with E-state index in [-0.39, 0.29) is 18.9 Å². The molecule has 3 fully saturated rings. The van der Waals surface area contributed by atoms with Crippen LogP contribution < -0.4 is 5.32 Å². The van der Waals surface area contributed by atoms with Crippen molar-refractivity contribution in [1.29, 1.82) is 0 Å². The highest BCUT2D eigenvalue weighted by molar-refractivity contribution is 5.76. The predicted octanol–water partition coefficient (Wildman–Crippen LogP) is 11.2. The molecule has 0 bridgehead atoms. The lowest BCUT2D eigenvalue weighted by atomic mass is 9.96. The molecule has 19 nitrogen and oxygen atoms in total. The molecule has 92 heavy (non-hydrogen) atoms. The molecule has 3 heterocycles. The minimum atomic E-state index is -1.97. The summed E-state index contributed by atoms with van der Waals surface area (Å²) >= 11 is 0. The molecular formula is C73H139NO18. The van der Waals surface area contributed by atoms with Gasteiger partial charge in [0.25, 0.3) is 0 Å². The topological polar surface area (TPSA) is 307 Å². The van der Waals surface area contributed by atoms with Crippen molar-refractivity contribution >= 4 is 5.91 Å². The number of carbonyl (C=O) groups excluding carboxylic acids is 1. The van der Waals surface area contributed by atoms with Crippen LogP contribution in [0.5, 0.6) is 0 Å². The lowest BCUT2D eigenvalue weighted by Gasteiger charge is -2.48. The molecular weight excluding hydrogens is 1180 g/mol. The summed E-state index contributed by atoms with van der Waals surface area (Å²) in [5, 5.41) is 121. The van der Waals surface area contributed by atoms with Gasteiger partial charge in [0, 0.05) is 6.42 Å². The first-order valence-corrected chi connectivity index (χ1v) is 37.9. The van der Waals surface area contributed by atoms with E-state index in [0.717, 1.165) is 57.8 Å². The van der Waals surface area contributed by atoms with E-state index in [0.29, 0.717) is 12.8 Å². The molecule has 19 heteroatoms. The molecule has 0 spiro atoms. The van der Waals surface area contributed by atoms with Gasteiger partial charge in [0.15, 0.2) is 18.9 Å². The fraction of sp³-hybridized carbons (Fsp3) is 0.959. The summed E-state index contributed by atoms with van der Waals surface area (Å²) in [6, 6.07) is -0.888. The van der Waals surface area contributed by atoms with Crippen LogP contribution in [-0.2, 0) is 33.2 Å². The van der Waals surface area contributed by atoms with Gasteiger partial charge in [-0.15, -0.1) is 0 Å². The average Bonchev–Trinajstić information content (AvgIpc) is 0.838. The van der Waals surface area contributed by atoms with Gasteiger partial charge in [-0.25, -0.2) is 0 Å². The molecule has 544 valence electrons. The highest BCUT2D eigenvalue weighted by Crippen LogP contribution is 2.33. The van der Waals surface area contributed by atoms with Crippen LogP contribution in [0.15, 0.2) is 12.2 Å². The zero-order valence-electron chi connectivity index (χ0n) is 57.8. The summed E-state index contributed by atoms with van der Waals surface area (Å²) in [5.41, 5.74) is 0. The van der Waals surface area contributed by atoms with Crippen molar-refractivity contribution < 1.29 is 89.4 Å². The molecule has 0 aromatic carbocycles. The lowest BCUT2D eigenvalue weighted by molar-refractivity contribution is -0.379. The van der Waals surface area contributed by atoms with Crippen molar-refractivity contribution in [1.82, 2.24) is 5.32 Å². The Morgan fingerprint density at radius 2 is 0.685 bits per heavy atom. The number of aliphatic hydroxyl groups excluding tert-OH is 11. The molecule has 17 unspecified atom stereocenters. The molecule has 0 aliphatic carbocycles. The summed E-state index contributed by atoms with van der Waals surface area (Å²) in [5.74, 6) is -0.242. The van der Waals surface area contributed by atoms with Crippen molar-refractivity contribution in [2.24, 2.45) is 0 Å². The fourth-order valence-corrected chi connectivity index (χ4v) is 13.2. The van der Waals surface area contributed by atoms with Gasteiger partial charge in [-0.1, -0.05) is 283 Å². The van der Waals surface area contributed by atoms with E-state index in [4.69, 9.17) is 28.4 Å². The van der Waals surface area contributed by atoms with Crippen LogP contribution in [0.4, 0.5) is 0 Å². The van der Waals surface area contributed by atoms with Gasteiger partial charge in [0.2, 0.25) is 5.91 Å². The molecule has 3 saturated heterocycles. The highest BCUT2D eigenvalue weighted by Gasteiger charge is 2.53. The number of allylic oxidation sites excluding steroid dienone is 2. The Labute approximate surface area is 556 Å². The minimum Gasteiger partial charge on any atom is -0.394 e. The minimum absolute atomic E-state index is 0.242. The number of carbonyl (C=O) groups is 1. The Hall–Kier alpha value is -1.47. The molecule has 0 saturated carbocycles. The zero-order chi connectivity index (χ0) is 66.8. The van der Waals surface area contributed by atoms with Crippen LogP contribution in [0.1, 0.15) is 316 Å². The number of ether oxygens (including phenoxy) is 6. The number of amides is 1. The molecule has 1 amide bonds. The molecule has 17 atom stereocenters. The molecule has 0 radical (unpaired) electrons. The third-order valence-corrected chi connectivity index (χ3v) is 19.3. The van der Waals surface area contributed by atoms with Crippen molar-refractivity contribution in [2.45, 2.75) is 420 Å². The van der Waals surface area contributed by atoms with Gasteiger partial charge in [-0.3, -0.25) is 4.79 Å². The number of nitrogens with one attached hydrogen (secondary N) is 1. The van der Waals surface area contributed by atoms with Crippen molar-refractivity contribution in [3.63, 3.8) is 0 Å². The van der Waals surface area contributed by atoms with Gasteiger partial charge in [0.1, 0.15) is 73.2 Å². The normalized spacial score (nSPS) is 27.7. The molecule has 0 aromatic rings. The molecule has 3 aliphatic heterocycles. The first-order chi connectivity index (χ1) is 44.8. The van der Waals surface area contributed by atoms with E-state index >= 15 is 0 Å². The molecule has 0 aromatic heterocycles. The number of aliphatic hydroxyl groups is 11. The fourth-order valence-electron chi connectivity index (χ4n) is 13.2. The third kappa shape index (κ3) is 36.4. The van der Waals surface area contributed by atoms with Crippen molar-refractivity contribution in [3.05, 3.63) is 12.2 Å². The van der Waals surface area contributed by atoms with Crippen molar-refractivity contribution in [2.75, 3.05) is 26.4 Å². The summed E-state index contributed by atoms with van der Waals surface area (Å²) in [7, 11) is 0. The Morgan fingerprint density at radius 1 is 0.380 bits per heavy atom. The maximum absolute atomic E-state index is 13.4. The van der Waals surface area contributed by atoms with E-state index in [2.05, 4.69) is 31.3 Å².